The number of hydrogen-bond donors (Lipinski definition) is 0. The quantitative estimate of drug-likeness (QED) is 0.793. The zero-order valence-corrected chi connectivity index (χ0v) is 11.8. The molecule has 110 valence electrons. The number of carbonyl (C=O) groups is 1. The predicted molar refractivity (Wildman–Crippen MR) is 72.2 cm³/mol. The summed E-state index contributed by atoms with van der Waals surface area (Å²) in [6, 6.07) is 0. The van der Waals surface area contributed by atoms with E-state index >= 15 is 0 Å². The number of aryl methyl sites for hydroxylation is 1. The summed E-state index contributed by atoms with van der Waals surface area (Å²) in [5, 5.41) is 7.66. The summed E-state index contributed by atoms with van der Waals surface area (Å²) >= 11 is 0. The molecular weight excluding hydrogens is 272 g/mol. The molecule has 2 aromatic heterocycles. The largest absolute Gasteiger partial charge is 0.335 e. The molecule has 2 aromatic rings. The Morgan fingerprint density at radius 1 is 1.24 bits per heavy atom. The van der Waals surface area contributed by atoms with Gasteiger partial charge >= 0.3 is 0 Å². The van der Waals surface area contributed by atoms with E-state index < -0.39 is 0 Å². The normalized spacial score (nSPS) is 16.1. The Kier molecular flexibility index (Phi) is 3.87. The first kappa shape index (κ1) is 13.6. The summed E-state index contributed by atoms with van der Waals surface area (Å²) in [4.78, 5) is 24.3. The van der Waals surface area contributed by atoms with Crippen molar-refractivity contribution in [3.8, 4) is 0 Å². The minimum Gasteiger partial charge on any atom is -0.335 e. The summed E-state index contributed by atoms with van der Waals surface area (Å²) in [5.41, 5.74) is 2.05. The molecule has 8 heteroatoms. The molecule has 1 aliphatic rings. The van der Waals surface area contributed by atoms with Crippen LogP contribution in [0.15, 0.2) is 23.2 Å². The molecule has 0 bridgehead atoms. The highest BCUT2D eigenvalue weighted by atomic mass is 16.6. The van der Waals surface area contributed by atoms with E-state index in [0.717, 1.165) is 24.5 Å². The highest BCUT2D eigenvalue weighted by molar-refractivity contribution is 5.92. The van der Waals surface area contributed by atoms with Gasteiger partial charge < -0.3 is 4.90 Å². The molecule has 0 saturated carbocycles. The first-order valence-electron chi connectivity index (χ1n) is 6.79. The van der Waals surface area contributed by atoms with Crippen molar-refractivity contribution < 1.29 is 9.42 Å². The van der Waals surface area contributed by atoms with E-state index in [2.05, 4.69) is 25.2 Å². The first-order valence-corrected chi connectivity index (χ1v) is 6.79. The van der Waals surface area contributed by atoms with E-state index in [1.807, 2.05) is 6.92 Å². The summed E-state index contributed by atoms with van der Waals surface area (Å²) in [5.74, 6) is -0.0676. The fourth-order valence-electron chi connectivity index (χ4n) is 2.29. The maximum Gasteiger partial charge on any atom is 0.274 e. The average Bonchev–Trinajstić information content (AvgIpc) is 2.93. The lowest BCUT2D eigenvalue weighted by atomic mass is 10.2. The fraction of sp³-hybridized carbons (Fsp3) is 0.462. The molecule has 1 fully saturated rings. The van der Waals surface area contributed by atoms with Crippen molar-refractivity contribution in [2.24, 2.45) is 0 Å². The molecule has 0 spiro atoms. The Bertz CT molecular complexity index is 606. The Morgan fingerprint density at radius 2 is 2.05 bits per heavy atom. The molecule has 1 saturated heterocycles. The van der Waals surface area contributed by atoms with Gasteiger partial charge in [0, 0.05) is 45.1 Å². The van der Waals surface area contributed by atoms with Gasteiger partial charge in [-0.1, -0.05) is 10.3 Å². The van der Waals surface area contributed by atoms with Gasteiger partial charge in [0.15, 0.2) is 0 Å². The van der Waals surface area contributed by atoms with Gasteiger partial charge in [0.2, 0.25) is 0 Å². The predicted octanol–water partition coefficient (Wildman–Crippen LogP) is 0.126. The van der Waals surface area contributed by atoms with E-state index in [1.54, 1.807) is 11.1 Å². The van der Waals surface area contributed by atoms with Gasteiger partial charge in [0.05, 0.1) is 6.20 Å². The Balaban J connectivity index is 1.56. The molecule has 0 N–H and O–H groups in total. The molecule has 0 aromatic carbocycles. The molecule has 3 heterocycles. The van der Waals surface area contributed by atoms with Crippen molar-refractivity contribution in [3.63, 3.8) is 0 Å². The van der Waals surface area contributed by atoms with Crippen LogP contribution in [0.1, 0.15) is 21.9 Å². The first-order chi connectivity index (χ1) is 10.2. The van der Waals surface area contributed by atoms with Crippen LogP contribution in [0.4, 0.5) is 0 Å². The van der Waals surface area contributed by atoms with Crippen LogP contribution in [0.2, 0.25) is 0 Å². The van der Waals surface area contributed by atoms with E-state index in [-0.39, 0.29) is 5.91 Å². The number of rotatable bonds is 3. The molecule has 0 unspecified atom stereocenters. The SMILES string of the molecule is Cc1nonc1CN1CCN(C(=O)c2cnccn2)CC1. The van der Waals surface area contributed by atoms with Crippen LogP contribution >= 0.6 is 0 Å². The third-order valence-electron chi connectivity index (χ3n) is 3.56. The third kappa shape index (κ3) is 3.05. The Labute approximate surface area is 121 Å². The molecule has 21 heavy (non-hydrogen) atoms. The van der Waals surface area contributed by atoms with Crippen LogP contribution in [-0.4, -0.2) is 62.2 Å². The second kappa shape index (κ2) is 5.96. The number of aromatic nitrogens is 4. The number of amides is 1. The second-order valence-electron chi connectivity index (χ2n) is 4.96. The molecule has 1 aliphatic heterocycles. The minimum atomic E-state index is -0.0676. The van der Waals surface area contributed by atoms with Crippen LogP contribution in [0.25, 0.3) is 0 Å². The zero-order valence-electron chi connectivity index (χ0n) is 11.8. The van der Waals surface area contributed by atoms with Gasteiger partial charge in [-0.15, -0.1) is 0 Å². The van der Waals surface area contributed by atoms with Crippen molar-refractivity contribution in [1.82, 2.24) is 30.1 Å². The van der Waals surface area contributed by atoms with E-state index in [0.29, 0.717) is 25.3 Å². The average molecular weight is 288 g/mol. The van der Waals surface area contributed by atoms with Gasteiger partial charge in [-0.25, -0.2) is 9.61 Å². The Morgan fingerprint density at radius 3 is 2.67 bits per heavy atom. The lowest BCUT2D eigenvalue weighted by molar-refractivity contribution is 0.0619. The van der Waals surface area contributed by atoms with E-state index in [4.69, 9.17) is 4.63 Å². The second-order valence-corrected chi connectivity index (χ2v) is 4.96. The number of carbonyl (C=O) groups excluding carboxylic acids is 1. The number of piperazine rings is 1. The van der Waals surface area contributed by atoms with Gasteiger partial charge in [-0.2, -0.15) is 0 Å². The smallest absolute Gasteiger partial charge is 0.274 e. The lowest BCUT2D eigenvalue weighted by Crippen LogP contribution is -2.48. The van der Waals surface area contributed by atoms with Crippen LogP contribution in [0.3, 0.4) is 0 Å². The summed E-state index contributed by atoms with van der Waals surface area (Å²) < 4.78 is 4.70. The van der Waals surface area contributed by atoms with Gasteiger partial charge in [0.25, 0.3) is 5.91 Å². The van der Waals surface area contributed by atoms with E-state index in [1.165, 1.54) is 12.4 Å². The third-order valence-corrected chi connectivity index (χ3v) is 3.56. The summed E-state index contributed by atoms with van der Waals surface area (Å²) in [6.07, 6.45) is 4.59. The standard InChI is InChI=1S/C13H16N6O2/c1-10-12(17-21-16-10)9-18-4-6-19(7-5-18)13(20)11-8-14-2-3-15-11/h2-3,8H,4-7,9H2,1H3. The molecule has 8 nitrogen and oxygen atoms in total. The maximum atomic E-state index is 12.2. The van der Waals surface area contributed by atoms with Crippen molar-refractivity contribution >= 4 is 5.91 Å². The lowest BCUT2D eigenvalue weighted by Gasteiger charge is -2.34. The topological polar surface area (TPSA) is 88.3 Å². The number of nitrogens with zero attached hydrogens (tertiary/aromatic N) is 6. The Hall–Kier alpha value is -2.35. The van der Waals surface area contributed by atoms with Crippen LogP contribution < -0.4 is 0 Å². The monoisotopic (exact) mass is 288 g/mol. The molecule has 0 radical (unpaired) electrons. The van der Waals surface area contributed by atoms with Crippen molar-refractivity contribution in [2.45, 2.75) is 13.5 Å². The minimum absolute atomic E-state index is 0.0676. The molecule has 1 amide bonds. The highest BCUT2D eigenvalue weighted by Gasteiger charge is 2.23. The van der Waals surface area contributed by atoms with Crippen LogP contribution in [0, 0.1) is 6.92 Å². The zero-order chi connectivity index (χ0) is 14.7. The van der Waals surface area contributed by atoms with Crippen LogP contribution in [0.5, 0.6) is 0 Å². The fourth-order valence-corrected chi connectivity index (χ4v) is 2.29. The summed E-state index contributed by atoms with van der Waals surface area (Å²) in [7, 11) is 0. The van der Waals surface area contributed by atoms with Gasteiger partial charge in [0.1, 0.15) is 17.1 Å². The summed E-state index contributed by atoms with van der Waals surface area (Å²) in [6.45, 7) is 5.48. The molecular formula is C13H16N6O2. The van der Waals surface area contributed by atoms with Crippen molar-refractivity contribution in [2.75, 3.05) is 26.2 Å². The highest BCUT2D eigenvalue weighted by Crippen LogP contribution is 2.10. The van der Waals surface area contributed by atoms with Gasteiger partial charge in [-0.05, 0) is 6.92 Å². The van der Waals surface area contributed by atoms with Gasteiger partial charge in [-0.3, -0.25) is 14.7 Å². The van der Waals surface area contributed by atoms with Crippen molar-refractivity contribution in [3.05, 3.63) is 35.7 Å². The maximum absolute atomic E-state index is 12.2. The van der Waals surface area contributed by atoms with E-state index in [9.17, 15) is 4.79 Å². The molecule has 3 rings (SSSR count). The molecule has 0 aliphatic carbocycles. The van der Waals surface area contributed by atoms with Crippen molar-refractivity contribution in [1.29, 1.82) is 0 Å². The number of hydrogen-bond acceptors (Lipinski definition) is 7. The molecule has 0 atom stereocenters. The van der Waals surface area contributed by atoms with Crippen LogP contribution in [-0.2, 0) is 6.54 Å².